The summed E-state index contributed by atoms with van der Waals surface area (Å²) in [6.45, 7) is 0.641. The van der Waals surface area contributed by atoms with Crippen LogP contribution in [0.25, 0.3) is 0 Å². The molecule has 0 aromatic heterocycles. The fraction of sp³-hybridized carbons (Fsp3) is 0.467. The lowest BCUT2D eigenvalue weighted by molar-refractivity contribution is -0.124. The molecule has 2 rings (SSSR count). The van der Waals surface area contributed by atoms with E-state index in [-0.39, 0.29) is 16.6 Å². The van der Waals surface area contributed by atoms with Crippen molar-refractivity contribution in [3.05, 3.63) is 29.8 Å². The van der Waals surface area contributed by atoms with E-state index in [1.807, 2.05) is 0 Å². The minimum absolute atomic E-state index is 0.00748. The van der Waals surface area contributed by atoms with E-state index >= 15 is 0 Å². The normalized spacial score (nSPS) is 17.5. The molecule has 0 saturated carbocycles. The van der Waals surface area contributed by atoms with Crippen LogP contribution in [-0.4, -0.2) is 53.2 Å². The zero-order valence-electron chi connectivity index (χ0n) is 13.3. The summed E-state index contributed by atoms with van der Waals surface area (Å²) < 4.78 is 35.9. The Kier molecular flexibility index (Phi) is 6.29. The molecule has 1 unspecified atom stereocenters. The number of sulfonamides is 1. The lowest BCUT2D eigenvalue weighted by Gasteiger charge is -2.11. The van der Waals surface area contributed by atoms with Crippen molar-refractivity contribution in [2.45, 2.75) is 23.8 Å². The number of carbonyl (C=O) groups excluding carboxylic acids is 2. The van der Waals surface area contributed by atoms with Gasteiger partial charge in [0.15, 0.2) is 6.61 Å². The molecule has 1 aromatic carbocycles. The Morgan fingerprint density at radius 1 is 1.38 bits per heavy atom. The van der Waals surface area contributed by atoms with Crippen molar-refractivity contribution in [1.82, 2.24) is 10.0 Å². The highest BCUT2D eigenvalue weighted by Crippen LogP contribution is 2.12. The van der Waals surface area contributed by atoms with Gasteiger partial charge in [-0.25, -0.2) is 17.9 Å². The topological polar surface area (TPSA) is 111 Å². The predicted octanol–water partition coefficient (Wildman–Crippen LogP) is 0.0467. The first-order chi connectivity index (χ1) is 11.4. The number of benzene rings is 1. The first-order valence-corrected chi connectivity index (χ1v) is 9.00. The van der Waals surface area contributed by atoms with Crippen LogP contribution in [0.3, 0.4) is 0 Å². The predicted molar refractivity (Wildman–Crippen MR) is 85.0 cm³/mol. The number of hydrogen-bond donors (Lipinski definition) is 2. The van der Waals surface area contributed by atoms with Crippen molar-refractivity contribution in [2.24, 2.45) is 0 Å². The van der Waals surface area contributed by atoms with E-state index in [4.69, 9.17) is 9.47 Å². The van der Waals surface area contributed by atoms with Crippen LogP contribution < -0.4 is 10.0 Å². The van der Waals surface area contributed by atoms with Gasteiger partial charge in [-0.1, -0.05) is 6.07 Å². The van der Waals surface area contributed by atoms with Crippen molar-refractivity contribution < 1.29 is 27.5 Å². The number of nitrogens with one attached hydrogen (secondary N) is 2. The first-order valence-electron chi connectivity index (χ1n) is 7.51. The minimum Gasteiger partial charge on any atom is -0.452 e. The van der Waals surface area contributed by atoms with Gasteiger partial charge in [0, 0.05) is 13.2 Å². The fourth-order valence-corrected chi connectivity index (χ4v) is 2.98. The van der Waals surface area contributed by atoms with Gasteiger partial charge in [0.2, 0.25) is 10.0 Å². The van der Waals surface area contributed by atoms with Gasteiger partial charge in [-0.15, -0.1) is 0 Å². The average Bonchev–Trinajstić information content (AvgIpc) is 3.11. The van der Waals surface area contributed by atoms with Crippen LogP contribution in [-0.2, 0) is 24.3 Å². The Labute approximate surface area is 140 Å². The van der Waals surface area contributed by atoms with E-state index in [1.54, 1.807) is 0 Å². The van der Waals surface area contributed by atoms with Crippen molar-refractivity contribution in [1.29, 1.82) is 0 Å². The number of hydrogen-bond acceptors (Lipinski definition) is 6. The van der Waals surface area contributed by atoms with Gasteiger partial charge in [0.1, 0.15) is 0 Å². The summed E-state index contributed by atoms with van der Waals surface area (Å²) in [5.41, 5.74) is 0.0539. The third-order valence-electron chi connectivity index (χ3n) is 3.53. The molecule has 1 amide bonds. The van der Waals surface area contributed by atoms with Crippen molar-refractivity contribution in [3.63, 3.8) is 0 Å². The highest BCUT2D eigenvalue weighted by atomic mass is 32.2. The third kappa shape index (κ3) is 5.02. The van der Waals surface area contributed by atoms with Crippen LogP contribution >= 0.6 is 0 Å². The van der Waals surface area contributed by atoms with Gasteiger partial charge in [0.05, 0.1) is 16.6 Å². The molecule has 0 aliphatic carbocycles. The van der Waals surface area contributed by atoms with E-state index < -0.39 is 28.5 Å². The summed E-state index contributed by atoms with van der Waals surface area (Å²) in [5.74, 6) is -1.20. The number of carbonyl (C=O) groups is 2. The molecule has 1 fully saturated rings. The maximum atomic E-state index is 11.9. The van der Waals surface area contributed by atoms with Crippen molar-refractivity contribution >= 4 is 21.9 Å². The molecule has 1 heterocycles. The molecule has 0 radical (unpaired) electrons. The summed E-state index contributed by atoms with van der Waals surface area (Å²) >= 11 is 0. The summed E-state index contributed by atoms with van der Waals surface area (Å²) in [5, 5.41) is 2.63. The zero-order valence-corrected chi connectivity index (χ0v) is 14.1. The SMILES string of the molecule is CNS(=O)(=O)c1cccc(C(=O)OCC(=O)NCC2CCCO2)c1. The van der Waals surface area contributed by atoms with Crippen LogP contribution in [0.15, 0.2) is 29.2 Å². The van der Waals surface area contributed by atoms with Gasteiger partial charge in [0.25, 0.3) is 5.91 Å². The summed E-state index contributed by atoms with van der Waals surface area (Å²) in [7, 11) is -2.38. The Balaban J connectivity index is 1.85. The fourth-order valence-electron chi connectivity index (χ4n) is 2.21. The van der Waals surface area contributed by atoms with E-state index in [1.165, 1.54) is 31.3 Å². The summed E-state index contributed by atoms with van der Waals surface area (Å²) in [6, 6.07) is 5.40. The lowest BCUT2D eigenvalue weighted by atomic mass is 10.2. The van der Waals surface area contributed by atoms with Crippen molar-refractivity contribution in [3.8, 4) is 0 Å². The number of esters is 1. The number of rotatable bonds is 7. The van der Waals surface area contributed by atoms with E-state index in [9.17, 15) is 18.0 Å². The van der Waals surface area contributed by atoms with Crippen LogP contribution in [0.4, 0.5) is 0 Å². The first kappa shape index (κ1) is 18.4. The molecule has 24 heavy (non-hydrogen) atoms. The molecular weight excluding hydrogens is 336 g/mol. The Hall–Kier alpha value is -1.97. The molecule has 1 atom stereocenters. The molecule has 1 aliphatic heterocycles. The summed E-state index contributed by atoms with van der Waals surface area (Å²) in [4.78, 5) is 23.5. The van der Waals surface area contributed by atoms with Crippen LogP contribution in [0.2, 0.25) is 0 Å². The standard InChI is InChI=1S/C15H20N2O6S/c1-16-24(20,21)13-6-2-4-11(8-13)15(19)23-10-14(18)17-9-12-5-3-7-22-12/h2,4,6,8,12,16H,3,5,7,9-10H2,1H3,(H,17,18). The Morgan fingerprint density at radius 3 is 2.83 bits per heavy atom. The third-order valence-corrected chi connectivity index (χ3v) is 4.95. The number of ether oxygens (including phenoxy) is 2. The largest absolute Gasteiger partial charge is 0.452 e. The van der Waals surface area contributed by atoms with E-state index in [0.717, 1.165) is 12.8 Å². The Morgan fingerprint density at radius 2 is 2.17 bits per heavy atom. The highest BCUT2D eigenvalue weighted by Gasteiger charge is 2.18. The molecule has 9 heteroatoms. The molecular formula is C15H20N2O6S. The van der Waals surface area contributed by atoms with Gasteiger partial charge < -0.3 is 14.8 Å². The molecule has 8 nitrogen and oxygen atoms in total. The maximum absolute atomic E-state index is 11.9. The van der Waals surface area contributed by atoms with Gasteiger partial charge >= 0.3 is 5.97 Å². The van der Waals surface area contributed by atoms with Gasteiger partial charge in [-0.3, -0.25) is 4.79 Å². The second-order valence-corrected chi connectivity index (χ2v) is 7.14. The average molecular weight is 356 g/mol. The van der Waals surface area contributed by atoms with Crippen LogP contribution in [0.1, 0.15) is 23.2 Å². The number of amides is 1. The molecule has 1 saturated heterocycles. The van der Waals surface area contributed by atoms with Gasteiger partial charge in [-0.05, 0) is 38.1 Å². The van der Waals surface area contributed by atoms with E-state index in [2.05, 4.69) is 10.0 Å². The monoisotopic (exact) mass is 356 g/mol. The molecule has 0 spiro atoms. The zero-order chi connectivity index (χ0) is 17.6. The quantitative estimate of drug-likeness (QED) is 0.668. The lowest BCUT2D eigenvalue weighted by Crippen LogP contribution is -2.34. The molecule has 1 aliphatic rings. The molecule has 2 N–H and O–H groups in total. The molecule has 132 valence electrons. The molecule has 0 bridgehead atoms. The maximum Gasteiger partial charge on any atom is 0.338 e. The smallest absolute Gasteiger partial charge is 0.338 e. The summed E-state index contributed by atoms with van der Waals surface area (Å²) in [6.07, 6.45) is 1.88. The van der Waals surface area contributed by atoms with Gasteiger partial charge in [-0.2, -0.15) is 0 Å². The van der Waals surface area contributed by atoms with Crippen LogP contribution in [0, 0.1) is 0 Å². The second kappa shape index (κ2) is 8.22. The van der Waals surface area contributed by atoms with Crippen molar-refractivity contribution in [2.75, 3.05) is 26.8 Å². The Bertz CT molecular complexity index is 698. The highest BCUT2D eigenvalue weighted by molar-refractivity contribution is 7.89. The minimum atomic E-state index is -3.65. The second-order valence-electron chi connectivity index (χ2n) is 5.25. The van der Waals surface area contributed by atoms with E-state index in [0.29, 0.717) is 13.2 Å². The van der Waals surface area contributed by atoms with Crippen LogP contribution in [0.5, 0.6) is 0 Å². The molecule has 1 aromatic rings.